The molecular weight excluding hydrogens is 288 g/mol. The van der Waals surface area contributed by atoms with Gasteiger partial charge in [-0.15, -0.1) is 11.3 Å². The van der Waals surface area contributed by atoms with Crippen LogP contribution in [0.3, 0.4) is 0 Å². The van der Waals surface area contributed by atoms with Gasteiger partial charge in [-0.25, -0.2) is 13.4 Å². The molecule has 1 aromatic rings. The van der Waals surface area contributed by atoms with Crippen molar-refractivity contribution in [1.82, 2.24) is 10.3 Å². The third-order valence-electron chi connectivity index (χ3n) is 2.97. The van der Waals surface area contributed by atoms with Gasteiger partial charge in [0, 0.05) is 12.5 Å². The maximum atomic E-state index is 12.0. The van der Waals surface area contributed by atoms with Gasteiger partial charge in [0.25, 0.3) is 5.91 Å². The molecule has 1 N–H and O–H groups in total. The van der Waals surface area contributed by atoms with Crippen molar-refractivity contribution >= 4 is 27.1 Å². The van der Waals surface area contributed by atoms with E-state index in [1.165, 1.54) is 11.3 Å². The molecule has 0 saturated carbocycles. The largest absolute Gasteiger partial charge is 0.378 e. The molecular formula is C11H16N2O4S2. The zero-order valence-corrected chi connectivity index (χ0v) is 12.4. The van der Waals surface area contributed by atoms with Gasteiger partial charge in [-0.1, -0.05) is 0 Å². The van der Waals surface area contributed by atoms with Gasteiger partial charge >= 0.3 is 0 Å². The first-order chi connectivity index (χ1) is 8.84. The van der Waals surface area contributed by atoms with Crippen LogP contribution in [0, 0.1) is 0 Å². The molecule has 1 aliphatic rings. The average molecular weight is 304 g/mol. The van der Waals surface area contributed by atoms with Crippen molar-refractivity contribution in [2.75, 3.05) is 18.6 Å². The van der Waals surface area contributed by atoms with Crippen molar-refractivity contribution in [3.8, 4) is 0 Å². The lowest BCUT2D eigenvalue weighted by Gasteiger charge is -2.23. The van der Waals surface area contributed by atoms with Crippen LogP contribution in [0.2, 0.25) is 0 Å². The van der Waals surface area contributed by atoms with Gasteiger partial charge in [0.1, 0.15) is 10.7 Å². The van der Waals surface area contributed by atoms with Crippen LogP contribution >= 0.6 is 11.3 Å². The number of hydrogen-bond donors (Lipinski definition) is 1. The normalized spacial score (nSPS) is 25.4. The fourth-order valence-corrected chi connectivity index (χ4v) is 4.89. The number of hydrogen-bond acceptors (Lipinski definition) is 6. The summed E-state index contributed by atoms with van der Waals surface area (Å²) in [4.78, 5) is 16.2. The lowest BCUT2D eigenvalue weighted by Crippen LogP contribution is -2.47. The zero-order chi connectivity index (χ0) is 14.1. The summed E-state index contributed by atoms with van der Waals surface area (Å²) in [7, 11) is -1.48. The number of thiazole rings is 1. The van der Waals surface area contributed by atoms with Gasteiger partial charge < -0.3 is 10.1 Å². The summed E-state index contributed by atoms with van der Waals surface area (Å²) in [5, 5.41) is 5.14. The molecule has 0 bridgehead atoms. The molecule has 8 heteroatoms. The van der Waals surface area contributed by atoms with E-state index in [9.17, 15) is 13.2 Å². The molecule has 6 nitrogen and oxygen atoms in total. The van der Waals surface area contributed by atoms with E-state index in [1.54, 1.807) is 19.4 Å². The van der Waals surface area contributed by atoms with E-state index in [1.807, 2.05) is 0 Å². The fraction of sp³-hybridized carbons (Fsp3) is 0.636. The molecule has 19 heavy (non-hydrogen) atoms. The van der Waals surface area contributed by atoms with Crippen LogP contribution in [0.4, 0.5) is 0 Å². The van der Waals surface area contributed by atoms with E-state index < -0.39 is 15.4 Å². The molecule has 1 amide bonds. The van der Waals surface area contributed by atoms with Crippen LogP contribution in [0.15, 0.2) is 5.38 Å². The Morgan fingerprint density at radius 2 is 2.37 bits per heavy atom. The van der Waals surface area contributed by atoms with Crippen molar-refractivity contribution in [2.45, 2.75) is 25.5 Å². The minimum absolute atomic E-state index is 0.0131. The number of sulfone groups is 1. The highest BCUT2D eigenvalue weighted by Crippen LogP contribution is 2.23. The van der Waals surface area contributed by atoms with Crippen LogP contribution in [0.25, 0.3) is 0 Å². The van der Waals surface area contributed by atoms with Crippen LogP contribution in [0.5, 0.6) is 0 Å². The molecule has 0 spiro atoms. The molecule has 2 heterocycles. The molecule has 0 radical (unpaired) electrons. The highest BCUT2D eigenvalue weighted by atomic mass is 32.2. The summed E-state index contributed by atoms with van der Waals surface area (Å²) in [6, 6.07) is 0. The zero-order valence-electron chi connectivity index (χ0n) is 10.8. The molecule has 0 aromatic carbocycles. The third-order valence-corrected chi connectivity index (χ3v) is 5.70. The smallest absolute Gasteiger partial charge is 0.271 e. The van der Waals surface area contributed by atoms with Gasteiger partial charge in [-0.3, -0.25) is 4.79 Å². The standard InChI is InChI=1S/C11H16N2O4S2/c1-11(3-4-19(15,16)7-11)13-10(14)8-6-18-9(12-8)5-17-2/h6H,3-5,7H2,1-2H3,(H,13,14). The Morgan fingerprint density at radius 3 is 2.95 bits per heavy atom. The second kappa shape index (κ2) is 5.18. The molecule has 1 atom stereocenters. The predicted molar refractivity (Wildman–Crippen MR) is 72.0 cm³/mol. The average Bonchev–Trinajstić information content (AvgIpc) is 2.84. The van der Waals surface area contributed by atoms with E-state index >= 15 is 0 Å². The molecule has 1 saturated heterocycles. The number of nitrogens with one attached hydrogen (secondary N) is 1. The minimum Gasteiger partial charge on any atom is -0.378 e. The molecule has 0 aliphatic carbocycles. The topological polar surface area (TPSA) is 85.4 Å². The number of carbonyl (C=O) groups excluding carboxylic acids is 1. The lowest BCUT2D eigenvalue weighted by molar-refractivity contribution is 0.0910. The number of amides is 1. The first-order valence-corrected chi connectivity index (χ1v) is 8.50. The van der Waals surface area contributed by atoms with E-state index in [0.29, 0.717) is 18.7 Å². The Hall–Kier alpha value is -0.990. The summed E-state index contributed by atoms with van der Waals surface area (Å²) < 4.78 is 27.9. The van der Waals surface area contributed by atoms with E-state index in [-0.39, 0.29) is 17.4 Å². The predicted octanol–water partition coefficient (Wildman–Crippen LogP) is 0.597. The Labute approximate surface area is 116 Å². The summed E-state index contributed by atoms with van der Waals surface area (Å²) in [6.45, 7) is 2.11. The Morgan fingerprint density at radius 1 is 1.63 bits per heavy atom. The van der Waals surface area contributed by atoms with Crippen LogP contribution in [-0.2, 0) is 21.2 Å². The van der Waals surface area contributed by atoms with Crippen LogP contribution in [-0.4, -0.2) is 43.5 Å². The van der Waals surface area contributed by atoms with Crippen molar-refractivity contribution in [3.05, 3.63) is 16.1 Å². The Kier molecular flexibility index (Phi) is 3.93. The van der Waals surface area contributed by atoms with E-state index in [4.69, 9.17) is 4.74 Å². The van der Waals surface area contributed by atoms with Gasteiger partial charge in [0.05, 0.1) is 23.7 Å². The van der Waals surface area contributed by atoms with Crippen molar-refractivity contribution in [3.63, 3.8) is 0 Å². The number of rotatable bonds is 4. The van der Waals surface area contributed by atoms with Gasteiger partial charge in [-0.05, 0) is 13.3 Å². The van der Waals surface area contributed by atoms with Crippen molar-refractivity contribution in [1.29, 1.82) is 0 Å². The van der Waals surface area contributed by atoms with E-state index in [0.717, 1.165) is 5.01 Å². The Bertz CT molecular complexity index is 581. The number of carbonyl (C=O) groups is 1. The second-order valence-electron chi connectivity index (χ2n) is 4.92. The van der Waals surface area contributed by atoms with E-state index in [2.05, 4.69) is 10.3 Å². The maximum absolute atomic E-state index is 12.0. The van der Waals surface area contributed by atoms with Gasteiger partial charge in [0.2, 0.25) is 0 Å². The third kappa shape index (κ3) is 3.52. The molecule has 1 aliphatic heterocycles. The van der Waals surface area contributed by atoms with Crippen LogP contribution in [0.1, 0.15) is 28.8 Å². The van der Waals surface area contributed by atoms with Crippen LogP contribution < -0.4 is 5.32 Å². The summed E-state index contributed by atoms with van der Waals surface area (Å²) in [6.07, 6.45) is 0.441. The quantitative estimate of drug-likeness (QED) is 0.880. The maximum Gasteiger partial charge on any atom is 0.271 e. The number of methoxy groups -OCH3 is 1. The number of aromatic nitrogens is 1. The monoisotopic (exact) mass is 304 g/mol. The SMILES string of the molecule is COCc1nc(C(=O)NC2(C)CCS(=O)(=O)C2)cs1. The van der Waals surface area contributed by atoms with Gasteiger partial charge in [-0.2, -0.15) is 0 Å². The second-order valence-corrected chi connectivity index (χ2v) is 8.04. The summed E-state index contributed by atoms with van der Waals surface area (Å²) in [5.41, 5.74) is -0.386. The number of ether oxygens (including phenoxy) is 1. The first-order valence-electron chi connectivity index (χ1n) is 5.80. The lowest BCUT2D eigenvalue weighted by atomic mass is 10.0. The number of nitrogens with zero attached hydrogens (tertiary/aromatic N) is 1. The first kappa shape index (κ1) is 14.4. The molecule has 106 valence electrons. The molecule has 1 fully saturated rings. The van der Waals surface area contributed by atoms with Crippen molar-refractivity contribution in [2.24, 2.45) is 0 Å². The minimum atomic E-state index is -3.04. The molecule has 2 rings (SSSR count). The van der Waals surface area contributed by atoms with Gasteiger partial charge in [0.15, 0.2) is 9.84 Å². The Balaban J connectivity index is 2.04. The highest BCUT2D eigenvalue weighted by Gasteiger charge is 2.39. The molecule has 1 aromatic heterocycles. The molecule has 1 unspecified atom stereocenters. The summed E-state index contributed by atoms with van der Waals surface area (Å²) >= 11 is 1.34. The summed E-state index contributed by atoms with van der Waals surface area (Å²) in [5.74, 6) is -0.227. The fourth-order valence-electron chi connectivity index (χ4n) is 2.05. The van der Waals surface area contributed by atoms with Crippen molar-refractivity contribution < 1.29 is 17.9 Å². The highest BCUT2D eigenvalue weighted by molar-refractivity contribution is 7.91.